The third-order valence-electron chi connectivity index (χ3n) is 4.35. The zero-order valence-corrected chi connectivity index (χ0v) is 36.4. The van der Waals surface area contributed by atoms with Crippen LogP contribution in [0.5, 0.6) is 0 Å². The molecule has 0 amide bonds. The van der Waals surface area contributed by atoms with Crippen molar-refractivity contribution in [2.45, 2.75) is 0 Å². The van der Waals surface area contributed by atoms with E-state index in [9.17, 15) is 28.8 Å². The number of carboxylic acids is 6. The van der Waals surface area contributed by atoms with Gasteiger partial charge in [0, 0.05) is 39.3 Å². The normalized spacial score (nSPS) is 9.60. The molecule has 6 N–H and O–H groups in total. The van der Waals surface area contributed by atoms with Gasteiger partial charge in [0.05, 0.1) is 39.3 Å². The number of hydrogen-bond acceptors (Lipinski definition) is 10. The van der Waals surface area contributed by atoms with E-state index >= 15 is 0 Å². The van der Waals surface area contributed by atoms with Gasteiger partial charge in [-0.05, 0) is 0 Å². The molecule has 0 heterocycles. The number of carboxylic acid groups (broad SMARTS) is 6. The molecule has 0 radical (unpaired) electrons. The van der Waals surface area contributed by atoms with Crippen LogP contribution < -0.4 is 177 Å². The van der Waals surface area contributed by atoms with Crippen LogP contribution in [0.1, 0.15) is 0 Å². The Hall–Kier alpha value is 2.66. The van der Waals surface area contributed by atoms with E-state index in [-0.39, 0.29) is 217 Å². The van der Waals surface area contributed by atoms with Crippen LogP contribution in [-0.4, -0.2) is 165 Å². The molecular formula is C18H30N4Na6O12+6. The fourth-order valence-corrected chi connectivity index (χ4v) is 2.97. The first-order valence-corrected chi connectivity index (χ1v) is 9.98. The van der Waals surface area contributed by atoms with Gasteiger partial charge in [0.2, 0.25) is 0 Å². The van der Waals surface area contributed by atoms with Crippen molar-refractivity contribution < 1.29 is 237 Å². The second kappa shape index (κ2) is 34.5. The molecule has 0 aliphatic heterocycles. The second-order valence-electron chi connectivity index (χ2n) is 7.34. The maximum Gasteiger partial charge on any atom is 1.00 e. The van der Waals surface area contributed by atoms with Gasteiger partial charge in [0.25, 0.3) is 0 Å². The molecule has 0 saturated carbocycles. The molecule has 0 fully saturated rings. The zero-order chi connectivity index (χ0) is 26.3. The van der Waals surface area contributed by atoms with Gasteiger partial charge in [0.1, 0.15) is 0 Å². The molecule has 0 atom stereocenters. The van der Waals surface area contributed by atoms with Crippen LogP contribution >= 0.6 is 0 Å². The molecule has 0 spiro atoms. The number of hydrogen-bond donors (Lipinski definition) is 6. The molecule has 0 aromatic rings. The van der Waals surface area contributed by atoms with Crippen molar-refractivity contribution in [3.8, 4) is 0 Å². The predicted octanol–water partition coefficient (Wildman–Crippen LogP) is -21.3. The largest absolute Gasteiger partial charge is 1.00 e. The molecule has 0 saturated heterocycles. The molecule has 0 aliphatic carbocycles. The van der Waals surface area contributed by atoms with E-state index in [1.54, 1.807) is 4.90 Å². The van der Waals surface area contributed by atoms with E-state index in [4.69, 9.17) is 30.6 Å². The average molecular weight is 632 g/mol. The quantitative estimate of drug-likeness (QED) is 0.0645. The molecule has 0 unspecified atom stereocenters. The zero-order valence-electron chi connectivity index (χ0n) is 24.4. The van der Waals surface area contributed by atoms with Gasteiger partial charge in [-0.3, -0.25) is 48.4 Å². The van der Waals surface area contributed by atoms with Crippen molar-refractivity contribution in [1.29, 1.82) is 0 Å². The Morgan fingerprint density at radius 2 is 0.425 bits per heavy atom. The van der Waals surface area contributed by atoms with E-state index in [1.807, 2.05) is 0 Å². The monoisotopic (exact) mass is 632 g/mol. The van der Waals surface area contributed by atoms with Gasteiger partial charge in [-0.15, -0.1) is 0 Å². The van der Waals surface area contributed by atoms with E-state index < -0.39 is 75.1 Å². The summed E-state index contributed by atoms with van der Waals surface area (Å²) in [6.07, 6.45) is 0. The Bertz CT molecular complexity index is 613. The second-order valence-corrected chi connectivity index (χ2v) is 7.34. The SMILES string of the molecule is O=C(O)CN(CCN(CCN(CC(=O)O)CC(=O)O)CCN(CC(=O)O)CC(=O)O)CC(=O)O.[Na+].[Na+].[Na+].[Na+].[Na+].[Na+]. The number of aliphatic carboxylic acids is 6. The van der Waals surface area contributed by atoms with Crippen LogP contribution in [0, 0.1) is 0 Å². The van der Waals surface area contributed by atoms with Gasteiger partial charge in [0.15, 0.2) is 0 Å². The van der Waals surface area contributed by atoms with Crippen molar-refractivity contribution in [1.82, 2.24) is 19.6 Å². The summed E-state index contributed by atoms with van der Waals surface area (Å²) in [5, 5.41) is 53.8. The van der Waals surface area contributed by atoms with Gasteiger partial charge >= 0.3 is 213 Å². The van der Waals surface area contributed by atoms with E-state index in [1.165, 1.54) is 0 Å². The number of rotatable bonds is 21. The summed E-state index contributed by atoms with van der Waals surface area (Å²) in [5.41, 5.74) is 0. The Labute approximate surface area is 364 Å². The molecule has 0 rings (SSSR count). The molecule has 194 valence electrons. The fraction of sp³-hybridized carbons (Fsp3) is 0.667. The van der Waals surface area contributed by atoms with Crippen LogP contribution in [0.3, 0.4) is 0 Å². The summed E-state index contributed by atoms with van der Waals surface area (Å²) in [7, 11) is 0. The van der Waals surface area contributed by atoms with Crippen molar-refractivity contribution in [2.75, 3.05) is 78.5 Å². The van der Waals surface area contributed by atoms with Crippen LogP contribution in [-0.2, 0) is 28.8 Å². The predicted molar refractivity (Wildman–Crippen MR) is 112 cm³/mol. The third kappa shape index (κ3) is 36.8. The average Bonchev–Trinajstić information content (AvgIpc) is 2.63. The van der Waals surface area contributed by atoms with Crippen LogP contribution in [0.4, 0.5) is 0 Å². The third-order valence-corrected chi connectivity index (χ3v) is 4.35. The topological polar surface area (TPSA) is 237 Å². The minimum Gasteiger partial charge on any atom is -0.480 e. The van der Waals surface area contributed by atoms with Crippen LogP contribution in [0.15, 0.2) is 0 Å². The van der Waals surface area contributed by atoms with Crippen molar-refractivity contribution in [3.63, 3.8) is 0 Å². The maximum atomic E-state index is 11.0. The van der Waals surface area contributed by atoms with Gasteiger partial charge in [-0.2, -0.15) is 0 Å². The molecule has 40 heavy (non-hydrogen) atoms. The Balaban J connectivity index is -0.000000363. The maximum absolute atomic E-state index is 11.0. The first kappa shape index (κ1) is 58.2. The summed E-state index contributed by atoms with van der Waals surface area (Å²) in [5.74, 6) is -7.52. The molecule has 0 bridgehead atoms. The van der Waals surface area contributed by atoms with Crippen molar-refractivity contribution in [2.24, 2.45) is 0 Å². The molecule has 0 aliphatic rings. The number of nitrogens with zero attached hydrogens (tertiary/aromatic N) is 4. The summed E-state index contributed by atoms with van der Waals surface area (Å²) in [6.45, 7) is -3.25. The molecule has 0 aromatic heterocycles. The summed E-state index contributed by atoms with van der Waals surface area (Å²) < 4.78 is 0. The van der Waals surface area contributed by atoms with Gasteiger partial charge < -0.3 is 30.6 Å². The molecule has 22 heteroatoms. The minimum atomic E-state index is -1.25. The fourth-order valence-electron chi connectivity index (χ4n) is 2.97. The first-order valence-electron chi connectivity index (χ1n) is 9.98. The number of carbonyl (C=O) groups is 6. The van der Waals surface area contributed by atoms with Crippen molar-refractivity contribution >= 4 is 35.8 Å². The molecular weight excluding hydrogens is 602 g/mol. The summed E-state index contributed by atoms with van der Waals surface area (Å²) in [4.78, 5) is 71.0. The van der Waals surface area contributed by atoms with Gasteiger partial charge in [-0.25, -0.2) is 0 Å². The van der Waals surface area contributed by atoms with Gasteiger partial charge in [-0.1, -0.05) is 0 Å². The molecule has 0 aromatic carbocycles. The van der Waals surface area contributed by atoms with E-state index in [2.05, 4.69) is 0 Å². The standard InChI is InChI=1S/C18H30N4O12.6Na/c23-13(24)7-20(8-14(25)26)4-1-19(2-5-21(9-15(27)28)10-16(29)30)3-6-22(11-17(31)32)12-18(33)34;;;;;;/h1-12H2,(H,23,24)(H,25,26)(H,27,28)(H,29,30)(H,31,32)(H,33,34);;;;;;/q;6*+1. The first-order chi connectivity index (χ1) is 15.8. The Morgan fingerprint density at radius 1 is 0.300 bits per heavy atom. The summed E-state index contributed by atoms with van der Waals surface area (Å²) in [6, 6.07) is 0. The van der Waals surface area contributed by atoms with E-state index in [0.717, 1.165) is 14.7 Å². The van der Waals surface area contributed by atoms with Crippen LogP contribution in [0.25, 0.3) is 0 Å². The minimum absolute atomic E-state index is 0. The summed E-state index contributed by atoms with van der Waals surface area (Å²) >= 11 is 0. The van der Waals surface area contributed by atoms with Crippen LogP contribution in [0.2, 0.25) is 0 Å². The Kier molecular flexibility index (Phi) is 50.3. The van der Waals surface area contributed by atoms with Crippen molar-refractivity contribution in [3.05, 3.63) is 0 Å². The smallest absolute Gasteiger partial charge is 0.480 e. The van der Waals surface area contributed by atoms with E-state index in [0.29, 0.717) is 0 Å². The molecule has 16 nitrogen and oxygen atoms in total. The Morgan fingerprint density at radius 3 is 0.550 bits per heavy atom.